The van der Waals surface area contributed by atoms with Crippen molar-refractivity contribution in [2.75, 3.05) is 11.9 Å². The number of anilines is 1. The summed E-state index contributed by atoms with van der Waals surface area (Å²) in [5.74, 6) is 0.586. The van der Waals surface area contributed by atoms with Gasteiger partial charge in [-0.15, -0.1) is 5.10 Å². The highest BCUT2D eigenvalue weighted by atomic mass is 16.2. The molecule has 0 saturated heterocycles. The first-order valence-corrected chi connectivity index (χ1v) is 9.54. The Kier molecular flexibility index (Phi) is 4.75. The molecule has 0 aliphatic heterocycles. The summed E-state index contributed by atoms with van der Waals surface area (Å²) in [6.45, 7) is 0.125. The normalized spacial score (nSPS) is 18.5. The number of aromatic nitrogens is 4. The van der Waals surface area contributed by atoms with Gasteiger partial charge in [-0.1, -0.05) is 31.4 Å². The van der Waals surface area contributed by atoms with Crippen LogP contribution in [0.25, 0.3) is 11.4 Å². The second-order valence-electron chi connectivity index (χ2n) is 7.42. The highest BCUT2D eigenvalue weighted by Crippen LogP contribution is 2.36. The van der Waals surface area contributed by atoms with Crippen LogP contribution in [0.2, 0.25) is 0 Å². The first-order chi connectivity index (χ1) is 13.2. The Morgan fingerprint density at radius 2 is 2.11 bits per heavy atom. The van der Waals surface area contributed by atoms with E-state index in [0.29, 0.717) is 6.04 Å². The number of hydrogen-bond donors (Lipinski definition) is 2. The Morgan fingerprint density at radius 3 is 2.85 bits per heavy atom. The van der Waals surface area contributed by atoms with Gasteiger partial charge in [0.25, 0.3) is 0 Å². The lowest BCUT2D eigenvalue weighted by Gasteiger charge is -2.31. The lowest BCUT2D eigenvalue weighted by atomic mass is 9.83. The van der Waals surface area contributed by atoms with E-state index in [1.807, 2.05) is 28.9 Å². The summed E-state index contributed by atoms with van der Waals surface area (Å²) in [6, 6.07) is 10.4. The third-order valence-corrected chi connectivity index (χ3v) is 5.26. The molecule has 2 aliphatic rings. The van der Waals surface area contributed by atoms with E-state index in [0.717, 1.165) is 62.0 Å². The van der Waals surface area contributed by atoms with Crippen LogP contribution in [0.3, 0.4) is 0 Å². The number of nitrogens with zero attached hydrogens (tertiary/aromatic N) is 5. The molecule has 1 amide bonds. The minimum absolute atomic E-state index is 0.125. The molecule has 0 unspecified atom stereocenters. The summed E-state index contributed by atoms with van der Waals surface area (Å²) in [4.78, 5) is 12.4. The highest BCUT2D eigenvalue weighted by Gasteiger charge is 2.33. The Hall–Kier alpha value is -2.95. The lowest BCUT2D eigenvalue weighted by Crippen LogP contribution is -2.50. The van der Waals surface area contributed by atoms with Gasteiger partial charge >= 0.3 is 0 Å². The van der Waals surface area contributed by atoms with Crippen molar-refractivity contribution in [3.8, 4) is 17.5 Å². The van der Waals surface area contributed by atoms with E-state index >= 15 is 0 Å². The number of tetrazole rings is 1. The number of nitriles is 1. The van der Waals surface area contributed by atoms with Crippen LogP contribution in [0.4, 0.5) is 5.69 Å². The third kappa shape index (κ3) is 3.92. The van der Waals surface area contributed by atoms with Gasteiger partial charge in [0.2, 0.25) is 5.91 Å². The predicted molar refractivity (Wildman–Crippen MR) is 99.6 cm³/mol. The van der Waals surface area contributed by atoms with Gasteiger partial charge in [-0.25, -0.2) is 4.68 Å². The van der Waals surface area contributed by atoms with Crippen LogP contribution in [0, 0.1) is 11.3 Å². The minimum atomic E-state index is -0.703. The highest BCUT2D eigenvalue weighted by molar-refractivity contribution is 5.82. The van der Waals surface area contributed by atoms with Gasteiger partial charge in [0.15, 0.2) is 5.82 Å². The molecule has 2 fully saturated rings. The largest absolute Gasteiger partial charge is 0.376 e. The van der Waals surface area contributed by atoms with E-state index in [4.69, 9.17) is 0 Å². The van der Waals surface area contributed by atoms with E-state index in [1.54, 1.807) is 0 Å². The number of hydrogen-bond acceptors (Lipinski definition) is 6. The number of benzene rings is 1. The molecule has 0 radical (unpaired) electrons. The van der Waals surface area contributed by atoms with Crippen molar-refractivity contribution in [1.29, 1.82) is 5.26 Å². The fourth-order valence-electron chi connectivity index (χ4n) is 3.63. The summed E-state index contributed by atoms with van der Waals surface area (Å²) in [5.41, 5.74) is 1.03. The Morgan fingerprint density at radius 1 is 1.30 bits per heavy atom. The molecule has 2 saturated carbocycles. The number of nitrogens with one attached hydrogen (secondary N) is 2. The molecule has 0 bridgehead atoms. The maximum absolute atomic E-state index is 12.4. The molecule has 8 nitrogen and oxygen atoms in total. The molecule has 2 N–H and O–H groups in total. The molecule has 1 heterocycles. The molecule has 0 atom stereocenters. The van der Waals surface area contributed by atoms with Gasteiger partial charge in [0.1, 0.15) is 5.54 Å². The Labute approximate surface area is 157 Å². The smallest absolute Gasteiger partial charge is 0.240 e. The van der Waals surface area contributed by atoms with Gasteiger partial charge in [-0.2, -0.15) is 5.26 Å². The van der Waals surface area contributed by atoms with Crippen LogP contribution in [-0.4, -0.2) is 38.2 Å². The van der Waals surface area contributed by atoms with Crippen molar-refractivity contribution >= 4 is 11.6 Å². The zero-order valence-electron chi connectivity index (χ0n) is 15.2. The molecule has 140 valence electrons. The average Bonchev–Trinajstić information content (AvgIpc) is 3.43. The number of rotatable bonds is 6. The standard InChI is InChI=1S/C19H23N7O/c20-13-19(9-2-1-3-10-19)22-17(27)12-21-15-6-4-5-14(11-15)18-23-24-25-26(18)16-7-8-16/h4-6,11,16,21H,1-3,7-10,12H2,(H,22,27). The molecule has 27 heavy (non-hydrogen) atoms. The maximum Gasteiger partial charge on any atom is 0.240 e. The van der Waals surface area contributed by atoms with Crippen LogP contribution < -0.4 is 10.6 Å². The second kappa shape index (κ2) is 7.35. The van der Waals surface area contributed by atoms with Crippen LogP contribution >= 0.6 is 0 Å². The minimum Gasteiger partial charge on any atom is -0.376 e. The zero-order valence-corrected chi connectivity index (χ0v) is 15.2. The first-order valence-electron chi connectivity index (χ1n) is 9.54. The van der Waals surface area contributed by atoms with E-state index in [9.17, 15) is 10.1 Å². The summed E-state index contributed by atoms with van der Waals surface area (Å²) < 4.78 is 1.87. The van der Waals surface area contributed by atoms with Gasteiger partial charge in [-0.05, 0) is 48.2 Å². The molecule has 8 heteroatoms. The molecule has 4 rings (SSSR count). The van der Waals surface area contributed by atoms with Crippen molar-refractivity contribution in [3.05, 3.63) is 24.3 Å². The summed E-state index contributed by atoms with van der Waals surface area (Å²) in [6.07, 6.45) is 6.78. The number of carbonyl (C=O) groups is 1. The predicted octanol–water partition coefficient (Wildman–Crippen LogP) is 2.43. The van der Waals surface area contributed by atoms with Crippen molar-refractivity contribution < 1.29 is 4.79 Å². The quantitative estimate of drug-likeness (QED) is 0.814. The lowest BCUT2D eigenvalue weighted by molar-refractivity contribution is -0.121. The van der Waals surface area contributed by atoms with Crippen LogP contribution in [0.1, 0.15) is 51.0 Å². The summed E-state index contributed by atoms with van der Waals surface area (Å²) >= 11 is 0. The van der Waals surface area contributed by atoms with Gasteiger partial charge in [0, 0.05) is 11.3 Å². The topological polar surface area (TPSA) is 109 Å². The molecular formula is C19H23N7O. The van der Waals surface area contributed by atoms with E-state index in [2.05, 4.69) is 32.2 Å². The van der Waals surface area contributed by atoms with Crippen molar-refractivity contribution in [2.24, 2.45) is 0 Å². The van der Waals surface area contributed by atoms with Crippen molar-refractivity contribution in [3.63, 3.8) is 0 Å². The molecule has 0 spiro atoms. The van der Waals surface area contributed by atoms with Crippen LogP contribution in [-0.2, 0) is 4.79 Å². The third-order valence-electron chi connectivity index (χ3n) is 5.26. The molecular weight excluding hydrogens is 342 g/mol. The van der Waals surface area contributed by atoms with Crippen molar-refractivity contribution in [1.82, 2.24) is 25.5 Å². The molecule has 2 aliphatic carbocycles. The first kappa shape index (κ1) is 17.5. The Bertz CT molecular complexity index is 859. The Balaban J connectivity index is 1.39. The average molecular weight is 365 g/mol. The van der Waals surface area contributed by atoms with E-state index < -0.39 is 5.54 Å². The van der Waals surface area contributed by atoms with E-state index in [-0.39, 0.29) is 12.5 Å². The van der Waals surface area contributed by atoms with Gasteiger partial charge in [-0.3, -0.25) is 4.79 Å². The molecule has 1 aromatic heterocycles. The van der Waals surface area contributed by atoms with Crippen molar-refractivity contribution in [2.45, 2.75) is 56.5 Å². The SMILES string of the molecule is N#CC1(NC(=O)CNc2cccc(-c3nnnn3C3CC3)c2)CCCCC1. The fourth-order valence-corrected chi connectivity index (χ4v) is 3.63. The monoisotopic (exact) mass is 365 g/mol. The van der Waals surface area contributed by atoms with Gasteiger partial charge in [0.05, 0.1) is 18.7 Å². The number of amides is 1. The van der Waals surface area contributed by atoms with Crippen LogP contribution in [0.15, 0.2) is 24.3 Å². The molecule has 1 aromatic carbocycles. The fraction of sp³-hybridized carbons (Fsp3) is 0.526. The van der Waals surface area contributed by atoms with Crippen LogP contribution in [0.5, 0.6) is 0 Å². The zero-order chi connectivity index (χ0) is 18.7. The van der Waals surface area contributed by atoms with Gasteiger partial charge < -0.3 is 10.6 Å². The molecule has 2 aromatic rings. The van der Waals surface area contributed by atoms with E-state index in [1.165, 1.54) is 0 Å². The summed E-state index contributed by atoms with van der Waals surface area (Å²) in [7, 11) is 0. The maximum atomic E-state index is 12.4. The summed E-state index contributed by atoms with van der Waals surface area (Å²) in [5, 5.41) is 27.6. The number of carbonyl (C=O) groups excluding carboxylic acids is 1. The second-order valence-corrected chi connectivity index (χ2v) is 7.42.